The van der Waals surface area contributed by atoms with E-state index >= 15 is 0 Å². The molecule has 1 N–H and O–H groups in total. The van der Waals surface area contributed by atoms with Crippen LogP contribution in [-0.4, -0.2) is 56.1 Å². The van der Waals surface area contributed by atoms with E-state index in [1.54, 1.807) is 6.07 Å². The predicted octanol–water partition coefficient (Wildman–Crippen LogP) is 1.99. The van der Waals surface area contributed by atoms with Crippen LogP contribution in [0.5, 0.6) is 11.8 Å². The summed E-state index contributed by atoms with van der Waals surface area (Å²) < 4.78 is 11.9. The third kappa shape index (κ3) is 3.17. The van der Waals surface area contributed by atoms with Gasteiger partial charge in [-0.05, 0) is 22.9 Å². The Morgan fingerprint density at radius 3 is 2.56 bits per heavy atom. The topological polar surface area (TPSA) is 108 Å². The molecule has 132 valence electrons. The Morgan fingerprint density at radius 1 is 1.16 bits per heavy atom. The maximum absolute atomic E-state index is 9.04. The first-order valence-corrected chi connectivity index (χ1v) is 8.01. The number of aliphatic hydroxyl groups is 1. The van der Waals surface area contributed by atoms with Crippen LogP contribution in [0.15, 0.2) is 6.07 Å². The summed E-state index contributed by atoms with van der Waals surface area (Å²) in [6, 6.07) is 1.58. The molecule has 2 aromatic heterocycles. The first-order chi connectivity index (χ1) is 12.1. The minimum absolute atomic E-state index is 0.00809. The van der Waals surface area contributed by atoms with Crippen molar-refractivity contribution in [2.24, 2.45) is 0 Å². The summed E-state index contributed by atoms with van der Waals surface area (Å²) in [5.41, 5.74) is 1.31. The largest absolute Gasteiger partial charge is 0.477 e. The maximum Gasteiger partial charge on any atom is 0.278 e. The summed E-state index contributed by atoms with van der Waals surface area (Å²) in [6.45, 7) is 0.415. The van der Waals surface area contributed by atoms with Crippen LogP contribution in [0, 0.1) is 0 Å². The normalized spacial score (nSPS) is 11.1. The van der Waals surface area contributed by atoms with Gasteiger partial charge in [-0.2, -0.15) is 0 Å². The number of aryl methyl sites for hydroxylation is 1. The maximum atomic E-state index is 9.04. The number of hydrogen-bond acceptors (Lipinski definition) is 8. The van der Waals surface area contributed by atoms with Crippen LogP contribution in [-0.2, 0) is 6.54 Å². The van der Waals surface area contributed by atoms with Crippen LogP contribution < -0.4 is 9.47 Å². The standard InChI is InChI=1S/C14H14Cl2N6O3/c1-24-13-14(25-2)18-11-8(17-13)6-7(15)10(16)9(11)12-19-20-21-22(12)4-3-5-23/h6,23H,3-5H2,1-2H3. The van der Waals surface area contributed by atoms with Gasteiger partial charge in [0.15, 0.2) is 5.82 Å². The Balaban J connectivity index is 2.30. The van der Waals surface area contributed by atoms with Crippen LogP contribution in [0.2, 0.25) is 10.0 Å². The van der Waals surface area contributed by atoms with Crippen molar-refractivity contribution in [3.63, 3.8) is 0 Å². The van der Waals surface area contributed by atoms with Gasteiger partial charge in [-0.25, -0.2) is 14.6 Å². The van der Waals surface area contributed by atoms with Crippen molar-refractivity contribution in [1.82, 2.24) is 30.2 Å². The second-order valence-electron chi connectivity index (χ2n) is 4.96. The number of tetrazole rings is 1. The summed E-state index contributed by atoms with van der Waals surface area (Å²) in [5, 5.41) is 21.2. The van der Waals surface area contributed by atoms with Crippen molar-refractivity contribution in [2.75, 3.05) is 20.8 Å². The third-order valence-corrected chi connectivity index (χ3v) is 4.25. The zero-order valence-corrected chi connectivity index (χ0v) is 14.9. The van der Waals surface area contributed by atoms with Gasteiger partial charge in [0, 0.05) is 13.2 Å². The third-order valence-electron chi connectivity index (χ3n) is 3.46. The summed E-state index contributed by atoms with van der Waals surface area (Å²) in [6.07, 6.45) is 0.483. The highest BCUT2D eigenvalue weighted by atomic mass is 35.5. The SMILES string of the molecule is COc1nc2cc(Cl)c(Cl)c(-c3nnnn3CCCO)c2nc1OC. The van der Waals surface area contributed by atoms with Gasteiger partial charge in [-0.1, -0.05) is 23.2 Å². The number of ether oxygens (including phenoxy) is 2. The van der Waals surface area contributed by atoms with Gasteiger partial charge in [0.1, 0.15) is 5.52 Å². The fourth-order valence-corrected chi connectivity index (χ4v) is 2.76. The summed E-state index contributed by atoms with van der Waals surface area (Å²) in [5.74, 6) is 0.788. The van der Waals surface area contributed by atoms with Crippen LogP contribution in [0.25, 0.3) is 22.4 Å². The molecule has 0 saturated carbocycles. The minimum atomic E-state index is 0.00809. The van der Waals surface area contributed by atoms with E-state index in [1.807, 2.05) is 0 Å². The van der Waals surface area contributed by atoms with Gasteiger partial charge in [-0.15, -0.1) is 5.10 Å². The molecule has 3 rings (SSSR count). The van der Waals surface area contributed by atoms with E-state index in [9.17, 15) is 0 Å². The number of aliphatic hydroxyl groups excluding tert-OH is 1. The lowest BCUT2D eigenvalue weighted by atomic mass is 10.1. The van der Waals surface area contributed by atoms with Crippen LogP contribution >= 0.6 is 23.2 Å². The van der Waals surface area contributed by atoms with Crippen molar-refractivity contribution in [3.8, 4) is 23.1 Å². The van der Waals surface area contributed by atoms with Gasteiger partial charge in [-0.3, -0.25) is 0 Å². The van der Waals surface area contributed by atoms with E-state index < -0.39 is 0 Å². The second-order valence-corrected chi connectivity index (χ2v) is 5.75. The Kier molecular flexibility index (Phi) is 5.16. The minimum Gasteiger partial charge on any atom is -0.477 e. The number of benzene rings is 1. The second kappa shape index (κ2) is 7.34. The van der Waals surface area contributed by atoms with Crippen molar-refractivity contribution in [1.29, 1.82) is 0 Å². The van der Waals surface area contributed by atoms with E-state index in [0.717, 1.165) is 0 Å². The molecule has 2 heterocycles. The number of rotatable bonds is 6. The number of methoxy groups -OCH3 is 2. The smallest absolute Gasteiger partial charge is 0.278 e. The molecule has 3 aromatic rings. The Morgan fingerprint density at radius 2 is 1.88 bits per heavy atom. The highest BCUT2D eigenvalue weighted by molar-refractivity contribution is 6.45. The first kappa shape index (κ1) is 17.6. The molecular formula is C14H14Cl2N6O3. The van der Waals surface area contributed by atoms with E-state index in [0.29, 0.717) is 35.4 Å². The molecule has 9 nitrogen and oxygen atoms in total. The molecule has 0 spiro atoms. The fraction of sp³-hybridized carbons (Fsp3) is 0.357. The van der Waals surface area contributed by atoms with E-state index in [1.165, 1.54) is 18.9 Å². The number of halogens is 2. The lowest BCUT2D eigenvalue weighted by Crippen LogP contribution is -2.06. The molecule has 0 bridgehead atoms. The lowest BCUT2D eigenvalue weighted by molar-refractivity contribution is 0.276. The average molecular weight is 385 g/mol. The molecule has 0 fully saturated rings. The Labute approximate surface area is 152 Å². The van der Waals surface area contributed by atoms with Gasteiger partial charge in [0.2, 0.25) is 0 Å². The zero-order valence-electron chi connectivity index (χ0n) is 13.4. The highest BCUT2D eigenvalue weighted by Crippen LogP contribution is 2.39. The van der Waals surface area contributed by atoms with E-state index in [2.05, 4.69) is 25.5 Å². The monoisotopic (exact) mass is 384 g/mol. The number of aromatic nitrogens is 6. The zero-order chi connectivity index (χ0) is 18.0. The molecule has 0 aliphatic heterocycles. The van der Waals surface area contributed by atoms with Crippen molar-refractivity contribution in [2.45, 2.75) is 13.0 Å². The Bertz CT molecular complexity index is 917. The van der Waals surface area contributed by atoms with Gasteiger partial charge in [0.25, 0.3) is 11.8 Å². The number of fused-ring (bicyclic) bond motifs is 1. The van der Waals surface area contributed by atoms with Gasteiger partial charge in [0.05, 0.1) is 35.3 Å². The molecule has 0 atom stereocenters. The van der Waals surface area contributed by atoms with Gasteiger partial charge >= 0.3 is 0 Å². The number of hydrogen-bond donors (Lipinski definition) is 1. The Hall–Kier alpha value is -2.23. The van der Waals surface area contributed by atoms with E-state index in [-0.39, 0.29) is 28.4 Å². The summed E-state index contributed by atoms with van der Waals surface area (Å²) in [7, 11) is 2.92. The fourth-order valence-electron chi connectivity index (χ4n) is 2.33. The van der Waals surface area contributed by atoms with Crippen LogP contribution in [0.1, 0.15) is 6.42 Å². The lowest BCUT2D eigenvalue weighted by Gasteiger charge is -2.12. The quantitative estimate of drug-likeness (QED) is 0.686. The molecule has 0 amide bonds. The molecule has 1 aromatic carbocycles. The molecule has 25 heavy (non-hydrogen) atoms. The molecule has 0 unspecified atom stereocenters. The first-order valence-electron chi connectivity index (χ1n) is 7.25. The highest BCUT2D eigenvalue weighted by Gasteiger charge is 2.22. The van der Waals surface area contributed by atoms with E-state index in [4.69, 9.17) is 37.8 Å². The molecular weight excluding hydrogens is 371 g/mol. The number of nitrogens with zero attached hydrogens (tertiary/aromatic N) is 6. The summed E-state index contributed by atoms with van der Waals surface area (Å²) in [4.78, 5) is 8.79. The van der Waals surface area contributed by atoms with Crippen LogP contribution in [0.3, 0.4) is 0 Å². The van der Waals surface area contributed by atoms with Gasteiger partial charge < -0.3 is 14.6 Å². The average Bonchev–Trinajstić information content (AvgIpc) is 3.08. The molecule has 0 radical (unpaired) electrons. The van der Waals surface area contributed by atoms with Crippen molar-refractivity contribution < 1.29 is 14.6 Å². The molecule has 11 heteroatoms. The molecule has 0 aliphatic rings. The molecule has 0 aliphatic carbocycles. The predicted molar refractivity (Wildman–Crippen MR) is 91.2 cm³/mol. The summed E-state index contributed by atoms with van der Waals surface area (Å²) >= 11 is 12.7. The van der Waals surface area contributed by atoms with Crippen molar-refractivity contribution >= 4 is 34.2 Å². The molecule has 0 saturated heterocycles. The van der Waals surface area contributed by atoms with Crippen molar-refractivity contribution in [3.05, 3.63) is 16.1 Å². The van der Waals surface area contributed by atoms with Crippen LogP contribution in [0.4, 0.5) is 0 Å².